The van der Waals surface area contributed by atoms with E-state index in [9.17, 15) is 28.1 Å². The summed E-state index contributed by atoms with van der Waals surface area (Å²) in [5.74, 6) is -1.16. The largest absolute Gasteiger partial charge is 0.449 e. The zero-order valence-corrected chi connectivity index (χ0v) is 17.6. The molecular formula is C22H22F3N5O3. The molecule has 0 radical (unpaired) electrons. The Morgan fingerprint density at radius 1 is 1.15 bits per heavy atom. The molecule has 2 aromatic carbocycles. The molecule has 2 heterocycles. The lowest BCUT2D eigenvalue weighted by Crippen LogP contribution is -2.40. The monoisotopic (exact) mass is 461 g/mol. The second kappa shape index (κ2) is 9.18. The molecular weight excluding hydrogens is 439 g/mol. The van der Waals surface area contributed by atoms with Crippen molar-refractivity contribution in [2.24, 2.45) is 5.92 Å². The maximum atomic E-state index is 13.5. The number of imidazole rings is 1. The van der Waals surface area contributed by atoms with Crippen molar-refractivity contribution in [3.8, 4) is 0 Å². The van der Waals surface area contributed by atoms with Crippen LogP contribution in [-0.2, 0) is 17.5 Å². The third-order valence-electron chi connectivity index (χ3n) is 5.76. The fourth-order valence-electron chi connectivity index (χ4n) is 4.16. The number of piperidine rings is 1. The summed E-state index contributed by atoms with van der Waals surface area (Å²) >= 11 is 0. The van der Waals surface area contributed by atoms with Gasteiger partial charge >= 0.3 is 6.18 Å². The molecule has 0 unspecified atom stereocenters. The van der Waals surface area contributed by atoms with Gasteiger partial charge in [0.25, 0.3) is 5.69 Å². The Bertz CT molecular complexity index is 1170. The number of amides is 1. The lowest BCUT2D eigenvalue weighted by atomic mass is 9.96. The number of aromatic nitrogens is 2. The SMILES string of the molecule is O=C(CN1CCC(Cn2c(C(F)(F)F)nc3ccccc32)CC1)Nc1cccc([N+](=O)[O-])c1. The van der Waals surface area contributed by atoms with Crippen molar-refractivity contribution < 1.29 is 22.9 Å². The molecule has 0 spiro atoms. The number of nitro groups is 1. The Kier molecular flexibility index (Phi) is 6.32. The van der Waals surface area contributed by atoms with E-state index in [1.165, 1.54) is 22.8 Å². The summed E-state index contributed by atoms with van der Waals surface area (Å²) in [4.78, 5) is 28.4. The molecule has 8 nitrogen and oxygen atoms in total. The van der Waals surface area contributed by atoms with Crippen LogP contribution in [-0.4, -0.2) is 44.9 Å². The lowest BCUT2D eigenvalue weighted by molar-refractivity contribution is -0.384. The first-order valence-electron chi connectivity index (χ1n) is 10.5. The highest BCUT2D eigenvalue weighted by Gasteiger charge is 2.38. The smallest absolute Gasteiger partial charge is 0.325 e. The summed E-state index contributed by atoms with van der Waals surface area (Å²) in [6, 6.07) is 12.3. The number of nitrogens with zero attached hydrogens (tertiary/aromatic N) is 4. The standard InChI is InChI=1S/C22H22F3N5O3/c23-22(24,25)21-27-18-6-1-2-7-19(18)29(21)13-15-8-10-28(11-9-15)14-20(31)26-16-4-3-5-17(12-16)30(32)33/h1-7,12,15H,8-11,13-14H2,(H,26,31). The minimum Gasteiger partial charge on any atom is -0.325 e. The molecule has 1 aliphatic heterocycles. The Labute approximate surface area is 187 Å². The summed E-state index contributed by atoms with van der Waals surface area (Å²) in [5, 5.41) is 13.5. The number of alkyl halides is 3. The number of carbonyl (C=O) groups excluding carboxylic acids is 1. The molecule has 33 heavy (non-hydrogen) atoms. The van der Waals surface area contributed by atoms with Gasteiger partial charge in [0.2, 0.25) is 11.7 Å². The fraction of sp³-hybridized carbons (Fsp3) is 0.364. The van der Waals surface area contributed by atoms with Gasteiger partial charge in [-0.05, 0) is 50.0 Å². The van der Waals surface area contributed by atoms with Gasteiger partial charge in [-0.2, -0.15) is 13.2 Å². The molecule has 1 aliphatic rings. The molecule has 3 aromatic rings. The van der Waals surface area contributed by atoms with Crippen LogP contribution in [0.3, 0.4) is 0 Å². The molecule has 0 bridgehead atoms. The van der Waals surface area contributed by atoms with Gasteiger partial charge in [-0.3, -0.25) is 19.8 Å². The Hall–Kier alpha value is -3.47. The molecule has 1 saturated heterocycles. The summed E-state index contributed by atoms with van der Waals surface area (Å²) < 4.78 is 41.8. The zero-order chi connectivity index (χ0) is 23.6. The quantitative estimate of drug-likeness (QED) is 0.436. The van der Waals surface area contributed by atoms with Crippen LogP contribution in [0.2, 0.25) is 0 Å². The van der Waals surface area contributed by atoms with Crippen LogP contribution in [0, 0.1) is 16.0 Å². The molecule has 1 fully saturated rings. The van der Waals surface area contributed by atoms with E-state index in [1.54, 1.807) is 30.3 Å². The number of fused-ring (bicyclic) bond motifs is 1. The summed E-state index contributed by atoms with van der Waals surface area (Å²) in [6.07, 6.45) is -3.24. The van der Waals surface area contributed by atoms with Crippen molar-refractivity contribution in [2.75, 3.05) is 25.0 Å². The number of carbonyl (C=O) groups is 1. The molecule has 1 amide bonds. The first-order valence-corrected chi connectivity index (χ1v) is 10.5. The van der Waals surface area contributed by atoms with Crippen LogP contribution >= 0.6 is 0 Å². The number of rotatable bonds is 6. The molecule has 0 atom stereocenters. The predicted molar refractivity (Wildman–Crippen MR) is 116 cm³/mol. The number of anilines is 1. The van der Waals surface area contributed by atoms with Crippen molar-refractivity contribution in [1.82, 2.24) is 14.5 Å². The van der Waals surface area contributed by atoms with E-state index in [-0.39, 0.29) is 30.6 Å². The number of benzene rings is 2. The van der Waals surface area contributed by atoms with Gasteiger partial charge in [-0.25, -0.2) is 4.98 Å². The van der Waals surface area contributed by atoms with Gasteiger partial charge in [-0.15, -0.1) is 0 Å². The van der Waals surface area contributed by atoms with Crippen LogP contribution in [0.25, 0.3) is 11.0 Å². The van der Waals surface area contributed by atoms with E-state index in [4.69, 9.17) is 0 Å². The van der Waals surface area contributed by atoms with E-state index in [2.05, 4.69) is 10.3 Å². The molecule has 11 heteroatoms. The number of nitrogens with one attached hydrogen (secondary N) is 1. The molecule has 4 rings (SSSR count). The highest BCUT2D eigenvalue weighted by Crippen LogP contribution is 2.33. The highest BCUT2D eigenvalue weighted by molar-refractivity contribution is 5.92. The number of para-hydroxylation sites is 2. The average molecular weight is 461 g/mol. The normalized spacial score (nSPS) is 15.6. The van der Waals surface area contributed by atoms with Gasteiger partial charge < -0.3 is 9.88 Å². The van der Waals surface area contributed by atoms with E-state index in [0.717, 1.165) is 0 Å². The molecule has 0 aliphatic carbocycles. The van der Waals surface area contributed by atoms with E-state index >= 15 is 0 Å². The van der Waals surface area contributed by atoms with Crippen molar-refractivity contribution >= 4 is 28.3 Å². The predicted octanol–water partition coefficient (Wildman–Crippen LogP) is 4.31. The topological polar surface area (TPSA) is 93.3 Å². The van der Waals surface area contributed by atoms with Gasteiger partial charge in [0, 0.05) is 24.4 Å². The maximum absolute atomic E-state index is 13.5. The number of hydrogen-bond donors (Lipinski definition) is 1. The van der Waals surface area contributed by atoms with E-state index in [1.807, 2.05) is 4.90 Å². The van der Waals surface area contributed by atoms with Crippen LogP contribution < -0.4 is 5.32 Å². The molecule has 1 N–H and O–H groups in total. The van der Waals surface area contributed by atoms with Crippen LogP contribution in [0.4, 0.5) is 24.5 Å². The lowest BCUT2D eigenvalue weighted by Gasteiger charge is -2.32. The van der Waals surface area contributed by atoms with Gasteiger partial charge in [0.15, 0.2) is 0 Å². The highest BCUT2D eigenvalue weighted by atomic mass is 19.4. The number of likely N-dealkylation sites (tertiary alicyclic amines) is 1. The summed E-state index contributed by atoms with van der Waals surface area (Å²) in [5.41, 5.74) is 1.01. The van der Waals surface area contributed by atoms with Gasteiger partial charge in [-0.1, -0.05) is 18.2 Å². The second-order valence-electron chi connectivity index (χ2n) is 8.11. The first-order chi connectivity index (χ1) is 15.7. The Balaban J connectivity index is 1.35. The van der Waals surface area contributed by atoms with Gasteiger partial charge in [0.05, 0.1) is 22.5 Å². The fourth-order valence-corrected chi connectivity index (χ4v) is 4.16. The number of non-ortho nitro benzene ring substituents is 1. The van der Waals surface area contributed by atoms with E-state index < -0.39 is 16.9 Å². The second-order valence-corrected chi connectivity index (χ2v) is 8.11. The van der Waals surface area contributed by atoms with Crippen LogP contribution in [0.5, 0.6) is 0 Å². The summed E-state index contributed by atoms with van der Waals surface area (Å²) in [6.45, 7) is 1.46. The molecule has 1 aromatic heterocycles. The minimum atomic E-state index is -4.54. The average Bonchev–Trinajstić information content (AvgIpc) is 3.14. The number of hydrogen-bond acceptors (Lipinski definition) is 5. The molecule has 174 valence electrons. The van der Waals surface area contributed by atoms with Crippen molar-refractivity contribution in [2.45, 2.75) is 25.6 Å². The van der Waals surface area contributed by atoms with Crippen molar-refractivity contribution in [3.63, 3.8) is 0 Å². The van der Waals surface area contributed by atoms with Crippen LogP contribution in [0.1, 0.15) is 18.7 Å². The maximum Gasteiger partial charge on any atom is 0.449 e. The first kappa shape index (κ1) is 22.7. The third kappa shape index (κ3) is 5.30. The van der Waals surface area contributed by atoms with Crippen LogP contribution in [0.15, 0.2) is 48.5 Å². The van der Waals surface area contributed by atoms with E-state index in [0.29, 0.717) is 42.7 Å². The summed E-state index contributed by atoms with van der Waals surface area (Å²) in [7, 11) is 0. The zero-order valence-electron chi connectivity index (χ0n) is 17.6. The molecule has 0 saturated carbocycles. The van der Waals surface area contributed by atoms with Gasteiger partial charge in [0.1, 0.15) is 0 Å². The van der Waals surface area contributed by atoms with Crippen molar-refractivity contribution in [3.05, 3.63) is 64.5 Å². The number of halogens is 3. The Morgan fingerprint density at radius 3 is 2.58 bits per heavy atom. The number of nitro benzene ring substituents is 1. The Morgan fingerprint density at radius 2 is 1.88 bits per heavy atom. The third-order valence-corrected chi connectivity index (χ3v) is 5.76. The minimum absolute atomic E-state index is 0.0276. The van der Waals surface area contributed by atoms with Crippen molar-refractivity contribution in [1.29, 1.82) is 0 Å².